The SMILES string of the molecule is CCCOCCCCCCCCCCCO. The van der Waals surface area contributed by atoms with Crippen molar-refractivity contribution in [1.29, 1.82) is 0 Å². The molecule has 0 heterocycles. The lowest BCUT2D eigenvalue weighted by Crippen LogP contribution is -1.95. The molecular formula is C14H30O2. The predicted octanol–water partition coefficient (Wildman–Crippen LogP) is 3.92. The van der Waals surface area contributed by atoms with E-state index < -0.39 is 0 Å². The summed E-state index contributed by atoms with van der Waals surface area (Å²) < 4.78 is 5.43. The van der Waals surface area contributed by atoms with Crippen LogP contribution in [0.5, 0.6) is 0 Å². The summed E-state index contributed by atoms with van der Waals surface area (Å²) in [5.41, 5.74) is 0. The molecule has 0 aliphatic rings. The van der Waals surface area contributed by atoms with E-state index in [1.807, 2.05) is 0 Å². The topological polar surface area (TPSA) is 29.5 Å². The largest absolute Gasteiger partial charge is 0.396 e. The summed E-state index contributed by atoms with van der Waals surface area (Å²) in [5.74, 6) is 0. The molecule has 0 unspecified atom stereocenters. The third kappa shape index (κ3) is 13.9. The maximum absolute atomic E-state index is 8.62. The minimum Gasteiger partial charge on any atom is -0.396 e. The van der Waals surface area contributed by atoms with Gasteiger partial charge >= 0.3 is 0 Å². The molecule has 0 rings (SSSR count). The van der Waals surface area contributed by atoms with Gasteiger partial charge in [-0.05, 0) is 19.3 Å². The molecule has 0 atom stereocenters. The molecule has 0 aromatic heterocycles. The second-order valence-corrected chi connectivity index (χ2v) is 4.52. The quantitative estimate of drug-likeness (QED) is 0.486. The molecule has 1 N–H and O–H groups in total. The summed E-state index contributed by atoms with van der Waals surface area (Å²) in [6.07, 6.45) is 12.6. The van der Waals surface area contributed by atoms with Gasteiger partial charge in [0.05, 0.1) is 0 Å². The number of aliphatic hydroxyl groups excluding tert-OH is 1. The monoisotopic (exact) mass is 230 g/mol. The third-order valence-corrected chi connectivity index (χ3v) is 2.80. The van der Waals surface area contributed by atoms with Gasteiger partial charge in [0.25, 0.3) is 0 Å². The second kappa shape index (κ2) is 14.9. The first-order chi connectivity index (χ1) is 7.91. The van der Waals surface area contributed by atoms with E-state index in [4.69, 9.17) is 9.84 Å². The standard InChI is InChI=1S/C14H30O2/c1-2-13-16-14-11-9-7-5-3-4-6-8-10-12-15/h15H,2-14H2,1H3. The van der Waals surface area contributed by atoms with Crippen LogP contribution in [0.3, 0.4) is 0 Å². The molecule has 0 bridgehead atoms. The molecule has 0 aromatic rings. The molecule has 0 aromatic carbocycles. The van der Waals surface area contributed by atoms with Gasteiger partial charge in [0.2, 0.25) is 0 Å². The minimum atomic E-state index is 0.359. The first-order valence-corrected chi connectivity index (χ1v) is 7.10. The number of ether oxygens (including phenoxy) is 1. The lowest BCUT2D eigenvalue weighted by molar-refractivity contribution is 0.130. The summed E-state index contributed by atoms with van der Waals surface area (Å²) in [5, 5.41) is 8.62. The van der Waals surface area contributed by atoms with Crippen LogP contribution in [0.4, 0.5) is 0 Å². The second-order valence-electron chi connectivity index (χ2n) is 4.52. The Balaban J connectivity index is 2.83. The highest BCUT2D eigenvalue weighted by atomic mass is 16.5. The molecule has 0 aliphatic carbocycles. The Morgan fingerprint density at radius 2 is 1.19 bits per heavy atom. The lowest BCUT2D eigenvalue weighted by atomic mass is 10.1. The van der Waals surface area contributed by atoms with E-state index in [0.717, 1.165) is 26.1 Å². The number of unbranched alkanes of at least 4 members (excludes halogenated alkanes) is 8. The van der Waals surface area contributed by atoms with Crippen LogP contribution in [0.2, 0.25) is 0 Å². The van der Waals surface area contributed by atoms with Gasteiger partial charge in [-0.2, -0.15) is 0 Å². The van der Waals surface area contributed by atoms with Crippen molar-refractivity contribution in [1.82, 2.24) is 0 Å². The summed E-state index contributed by atoms with van der Waals surface area (Å²) in [4.78, 5) is 0. The van der Waals surface area contributed by atoms with Crippen molar-refractivity contribution in [2.75, 3.05) is 19.8 Å². The molecule has 0 saturated carbocycles. The first kappa shape index (κ1) is 15.9. The van der Waals surface area contributed by atoms with Crippen LogP contribution < -0.4 is 0 Å². The van der Waals surface area contributed by atoms with Crippen LogP contribution in [-0.4, -0.2) is 24.9 Å². The molecule has 0 amide bonds. The van der Waals surface area contributed by atoms with Crippen LogP contribution in [0.15, 0.2) is 0 Å². The van der Waals surface area contributed by atoms with Crippen molar-refractivity contribution < 1.29 is 9.84 Å². The molecule has 2 nitrogen and oxygen atoms in total. The van der Waals surface area contributed by atoms with Gasteiger partial charge in [-0.3, -0.25) is 0 Å². The fraction of sp³-hybridized carbons (Fsp3) is 1.00. The summed E-state index contributed by atoms with van der Waals surface area (Å²) in [6, 6.07) is 0. The van der Waals surface area contributed by atoms with E-state index >= 15 is 0 Å². The van der Waals surface area contributed by atoms with Crippen molar-refractivity contribution in [2.45, 2.75) is 71.1 Å². The highest BCUT2D eigenvalue weighted by molar-refractivity contribution is 4.47. The maximum Gasteiger partial charge on any atom is 0.0466 e. The van der Waals surface area contributed by atoms with E-state index in [0.29, 0.717) is 6.61 Å². The van der Waals surface area contributed by atoms with Crippen molar-refractivity contribution in [3.05, 3.63) is 0 Å². The Hall–Kier alpha value is -0.0800. The first-order valence-electron chi connectivity index (χ1n) is 7.10. The zero-order valence-electron chi connectivity index (χ0n) is 11.0. The Bertz CT molecular complexity index is 101. The third-order valence-electron chi connectivity index (χ3n) is 2.80. The number of hydrogen-bond acceptors (Lipinski definition) is 2. The number of hydrogen-bond donors (Lipinski definition) is 1. The average Bonchev–Trinajstić information content (AvgIpc) is 2.31. The van der Waals surface area contributed by atoms with Crippen LogP contribution in [0.1, 0.15) is 71.1 Å². The maximum atomic E-state index is 8.62. The van der Waals surface area contributed by atoms with E-state index in [1.54, 1.807) is 0 Å². The van der Waals surface area contributed by atoms with Crippen LogP contribution in [0, 0.1) is 0 Å². The summed E-state index contributed by atoms with van der Waals surface area (Å²) in [6.45, 7) is 4.38. The molecule has 0 saturated heterocycles. The van der Waals surface area contributed by atoms with E-state index in [2.05, 4.69) is 6.92 Å². The molecule has 0 spiro atoms. The van der Waals surface area contributed by atoms with Crippen molar-refractivity contribution in [2.24, 2.45) is 0 Å². The minimum absolute atomic E-state index is 0.359. The normalized spacial score (nSPS) is 10.9. The van der Waals surface area contributed by atoms with Crippen LogP contribution in [-0.2, 0) is 4.74 Å². The Morgan fingerprint density at radius 1 is 0.688 bits per heavy atom. The van der Waals surface area contributed by atoms with Gasteiger partial charge in [-0.25, -0.2) is 0 Å². The van der Waals surface area contributed by atoms with Crippen molar-refractivity contribution >= 4 is 0 Å². The fourth-order valence-electron chi connectivity index (χ4n) is 1.80. The van der Waals surface area contributed by atoms with E-state index in [1.165, 1.54) is 51.4 Å². The summed E-state index contributed by atoms with van der Waals surface area (Å²) >= 11 is 0. The van der Waals surface area contributed by atoms with Gasteiger partial charge in [-0.15, -0.1) is 0 Å². The van der Waals surface area contributed by atoms with E-state index in [-0.39, 0.29) is 0 Å². The molecule has 0 radical (unpaired) electrons. The van der Waals surface area contributed by atoms with Crippen LogP contribution in [0.25, 0.3) is 0 Å². The zero-order chi connectivity index (χ0) is 11.9. The van der Waals surface area contributed by atoms with Crippen LogP contribution >= 0.6 is 0 Å². The van der Waals surface area contributed by atoms with Crippen molar-refractivity contribution in [3.8, 4) is 0 Å². The highest BCUT2D eigenvalue weighted by Crippen LogP contribution is 2.09. The fourth-order valence-corrected chi connectivity index (χ4v) is 1.80. The van der Waals surface area contributed by atoms with Gasteiger partial charge < -0.3 is 9.84 Å². The Morgan fingerprint density at radius 3 is 1.69 bits per heavy atom. The van der Waals surface area contributed by atoms with Gasteiger partial charge in [0.15, 0.2) is 0 Å². The predicted molar refractivity (Wildman–Crippen MR) is 69.7 cm³/mol. The van der Waals surface area contributed by atoms with Crippen molar-refractivity contribution in [3.63, 3.8) is 0 Å². The average molecular weight is 230 g/mol. The zero-order valence-corrected chi connectivity index (χ0v) is 11.0. The van der Waals surface area contributed by atoms with Gasteiger partial charge in [-0.1, -0.05) is 51.9 Å². The number of rotatable bonds is 13. The molecule has 98 valence electrons. The Kier molecular flexibility index (Phi) is 14.8. The highest BCUT2D eigenvalue weighted by Gasteiger charge is 1.92. The molecule has 0 fully saturated rings. The molecule has 2 heteroatoms. The van der Waals surface area contributed by atoms with E-state index in [9.17, 15) is 0 Å². The molecular weight excluding hydrogens is 200 g/mol. The van der Waals surface area contributed by atoms with Gasteiger partial charge in [0, 0.05) is 19.8 Å². The number of aliphatic hydroxyl groups is 1. The smallest absolute Gasteiger partial charge is 0.0466 e. The molecule has 0 aliphatic heterocycles. The Labute approximate surface area is 101 Å². The molecule has 16 heavy (non-hydrogen) atoms. The summed E-state index contributed by atoms with van der Waals surface area (Å²) in [7, 11) is 0. The van der Waals surface area contributed by atoms with Gasteiger partial charge in [0.1, 0.15) is 0 Å². The lowest BCUT2D eigenvalue weighted by Gasteiger charge is -2.03.